The van der Waals surface area contributed by atoms with Gasteiger partial charge in [0.25, 0.3) is 0 Å². The molecule has 1 aromatic heterocycles. The lowest BCUT2D eigenvalue weighted by molar-refractivity contribution is 0.219. The van der Waals surface area contributed by atoms with Gasteiger partial charge >= 0.3 is 0 Å². The number of rotatable bonds is 3. The number of aliphatic hydroxyl groups is 1. The van der Waals surface area contributed by atoms with Gasteiger partial charge < -0.3 is 9.84 Å². The van der Waals surface area contributed by atoms with Crippen LogP contribution in [0.25, 0.3) is 0 Å². The van der Waals surface area contributed by atoms with Crippen LogP contribution in [0.5, 0.6) is 5.75 Å². The molecule has 0 spiro atoms. The molecule has 18 heavy (non-hydrogen) atoms. The van der Waals surface area contributed by atoms with Crippen molar-refractivity contribution < 1.29 is 14.2 Å². The van der Waals surface area contributed by atoms with Crippen LogP contribution in [-0.2, 0) is 0 Å². The molecule has 0 aliphatic rings. The molecule has 0 aliphatic carbocycles. The van der Waals surface area contributed by atoms with Gasteiger partial charge in [0, 0.05) is 11.8 Å². The fourth-order valence-electron chi connectivity index (χ4n) is 1.73. The van der Waals surface area contributed by atoms with E-state index in [0.717, 1.165) is 0 Å². The van der Waals surface area contributed by atoms with Crippen molar-refractivity contribution >= 4 is 0 Å². The van der Waals surface area contributed by atoms with Crippen molar-refractivity contribution in [3.8, 4) is 5.75 Å². The number of benzene rings is 1. The van der Waals surface area contributed by atoms with Crippen LogP contribution in [0.15, 0.2) is 36.7 Å². The van der Waals surface area contributed by atoms with Crippen LogP contribution in [-0.4, -0.2) is 17.2 Å². The summed E-state index contributed by atoms with van der Waals surface area (Å²) in [4.78, 5) is 3.98. The molecule has 1 atom stereocenters. The van der Waals surface area contributed by atoms with E-state index in [1.807, 2.05) is 0 Å². The van der Waals surface area contributed by atoms with E-state index in [9.17, 15) is 9.50 Å². The molecule has 3 nitrogen and oxygen atoms in total. The molecular weight excluding hydrogens is 233 g/mol. The third kappa shape index (κ3) is 2.49. The highest BCUT2D eigenvalue weighted by molar-refractivity contribution is 5.34. The van der Waals surface area contributed by atoms with E-state index < -0.39 is 6.10 Å². The number of hydrogen-bond acceptors (Lipinski definition) is 3. The number of nitrogens with zero attached hydrogens (tertiary/aromatic N) is 1. The smallest absolute Gasteiger partial charge is 0.137 e. The standard InChI is InChI=1S/C14H14FNO2/c1-9-5-10(3-4-13(9)15)14(17)11-6-12(18-2)8-16-7-11/h3-8,14,17H,1-2H3. The van der Waals surface area contributed by atoms with Crippen LogP contribution < -0.4 is 4.74 Å². The molecule has 1 unspecified atom stereocenters. The van der Waals surface area contributed by atoms with Gasteiger partial charge in [-0.25, -0.2) is 4.39 Å². The van der Waals surface area contributed by atoms with Gasteiger partial charge in [0.1, 0.15) is 17.7 Å². The molecule has 0 aliphatic heterocycles. The maximum atomic E-state index is 13.2. The van der Waals surface area contributed by atoms with Gasteiger partial charge in [0.2, 0.25) is 0 Å². The molecule has 0 saturated heterocycles. The molecule has 94 valence electrons. The van der Waals surface area contributed by atoms with Crippen molar-refractivity contribution in [1.29, 1.82) is 0 Å². The van der Waals surface area contributed by atoms with Crippen molar-refractivity contribution in [3.63, 3.8) is 0 Å². The number of ether oxygens (including phenoxy) is 1. The van der Waals surface area contributed by atoms with Crippen LogP contribution >= 0.6 is 0 Å². The summed E-state index contributed by atoms with van der Waals surface area (Å²) in [5, 5.41) is 10.2. The van der Waals surface area contributed by atoms with E-state index in [2.05, 4.69) is 4.98 Å². The molecule has 1 N–H and O–H groups in total. The van der Waals surface area contributed by atoms with E-state index in [4.69, 9.17) is 4.74 Å². The second-order valence-corrected chi connectivity index (χ2v) is 4.07. The first kappa shape index (κ1) is 12.5. The Hall–Kier alpha value is -1.94. The fourth-order valence-corrected chi connectivity index (χ4v) is 1.73. The highest BCUT2D eigenvalue weighted by Gasteiger charge is 2.12. The lowest BCUT2D eigenvalue weighted by atomic mass is 10.0. The minimum atomic E-state index is -0.841. The molecule has 0 fully saturated rings. The largest absolute Gasteiger partial charge is 0.495 e. The number of aliphatic hydroxyl groups excluding tert-OH is 1. The first-order valence-corrected chi connectivity index (χ1v) is 5.55. The lowest BCUT2D eigenvalue weighted by Gasteiger charge is -2.13. The monoisotopic (exact) mass is 247 g/mol. The molecule has 0 amide bonds. The Kier molecular flexibility index (Phi) is 3.58. The number of halogens is 1. The van der Waals surface area contributed by atoms with Crippen LogP contribution in [0.4, 0.5) is 4.39 Å². The van der Waals surface area contributed by atoms with Crippen LogP contribution in [0, 0.1) is 12.7 Å². The van der Waals surface area contributed by atoms with Crippen LogP contribution in [0.1, 0.15) is 22.8 Å². The van der Waals surface area contributed by atoms with E-state index >= 15 is 0 Å². The Labute approximate surface area is 105 Å². The van der Waals surface area contributed by atoms with Gasteiger partial charge in [-0.3, -0.25) is 4.98 Å². The Morgan fingerprint density at radius 3 is 2.67 bits per heavy atom. The molecule has 2 aromatic rings. The maximum Gasteiger partial charge on any atom is 0.137 e. The summed E-state index contributed by atoms with van der Waals surface area (Å²) in [6.07, 6.45) is 2.28. The normalized spacial score (nSPS) is 12.2. The van der Waals surface area contributed by atoms with Crippen molar-refractivity contribution in [2.75, 3.05) is 7.11 Å². The van der Waals surface area contributed by atoms with Crippen LogP contribution in [0.3, 0.4) is 0 Å². The van der Waals surface area contributed by atoms with Crippen molar-refractivity contribution in [1.82, 2.24) is 4.98 Å². The van der Waals surface area contributed by atoms with E-state index in [1.165, 1.54) is 13.2 Å². The molecule has 4 heteroatoms. The average Bonchev–Trinajstić information content (AvgIpc) is 2.41. The molecular formula is C14H14FNO2. The molecule has 1 aromatic carbocycles. The highest BCUT2D eigenvalue weighted by Crippen LogP contribution is 2.25. The third-order valence-electron chi connectivity index (χ3n) is 2.78. The second kappa shape index (κ2) is 5.14. The SMILES string of the molecule is COc1cncc(C(O)c2ccc(F)c(C)c2)c1. The first-order chi connectivity index (χ1) is 8.61. The summed E-state index contributed by atoms with van der Waals surface area (Å²) < 4.78 is 18.2. The highest BCUT2D eigenvalue weighted by atomic mass is 19.1. The number of aryl methyl sites for hydroxylation is 1. The van der Waals surface area contributed by atoms with Crippen molar-refractivity contribution in [2.24, 2.45) is 0 Å². The van der Waals surface area contributed by atoms with Gasteiger partial charge in [-0.05, 0) is 30.2 Å². The van der Waals surface area contributed by atoms with Crippen LogP contribution in [0.2, 0.25) is 0 Å². The topological polar surface area (TPSA) is 42.4 Å². The quantitative estimate of drug-likeness (QED) is 0.906. The summed E-state index contributed by atoms with van der Waals surface area (Å²) in [6, 6.07) is 6.24. The zero-order valence-corrected chi connectivity index (χ0v) is 10.2. The maximum absolute atomic E-state index is 13.2. The first-order valence-electron chi connectivity index (χ1n) is 5.55. The predicted molar refractivity (Wildman–Crippen MR) is 66.0 cm³/mol. The van der Waals surface area contributed by atoms with Gasteiger partial charge in [0.15, 0.2) is 0 Å². The zero-order valence-electron chi connectivity index (χ0n) is 10.2. The minimum Gasteiger partial charge on any atom is -0.495 e. The van der Waals surface area contributed by atoms with E-state index in [1.54, 1.807) is 37.5 Å². The molecule has 0 radical (unpaired) electrons. The Morgan fingerprint density at radius 1 is 1.22 bits per heavy atom. The number of methoxy groups -OCH3 is 1. The summed E-state index contributed by atoms with van der Waals surface area (Å²) in [5.41, 5.74) is 1.74. The number of aromatic nitrogens is 1. The van der Waals surface area contributed by atoms with Gasteiger partial charge in [-0.2, -0.15) is 0 Å². The van der Waals surface area contributed by atoms with E-state index in [-0.39, 0.29) is 5.82 Å². The average molecular weight is 247 g/mol. The van der Waals surface area contributed by atoms with Gasteiger partial charge in [-0.15, -0.1) is 0 Å². The fraction of sp³-hybridized carbons (Fsp3) is 0.214. The zero-order chi connectivity index (χ0) is 13.1. The Bertz CT molecular complexity index is 557. The summed E-state index contributed by atoms with van der Waals surface area (Å²) >= 11 is 0. The predicted octanol–water partition coefficient (Wildman–Crippen LogP) is 2.62. The second-order valence-electron chi connectivity index (χ2n) is 4.07. The third-order valence-corrected chi connectivity index (χ3v) is 2.78. The summed E-state index contributed by atoms with van der Waals surface area (Å²) in [7, 11) is 1.54. The lowest BCUT2D eigenvalue weighted by Crippen LogP contribution is -2.02. The summed E-state index contributed by atoms with van der Waals surface area (Å²) in [5.74, 6) is 0.292. The Balaban J connectivity index is 2.34. The molecule has 2 rings (SSSR count). The Morgan fingerprint density at radius 2 is 2.00 bits per heavy atom. The van der Waals surface area contributed by atoms with Gasteiger partial charge in [-0.1, -0.05) is 12.1 Å². The van der Waals surface area contributed by atoms with Crippen molar-refractivity contribution in [2.45, 2.75) is 13.0 Å². The molecule has 1 heterocycles. The number of hydrogen-bond donors (Lipinski definition) is 1. The van der Waals surface area contributed by atoms with Gasteiger partial charge in [0.05, 0.1) is 13.3 Å². The number of pyridine rings is 1. The molecule has 0 saturated carbocycles. The summed E-state index contributed by atoms with van der Waals surface area (Å²) in [6.45, 7) is 1.66. The minimum absolute atomic E-state index is 0.283. The van der Waals surface area contributed by atoms with E-state index in [0.29, 0.717) is 22.4 Å². The molecule has 0 bridgehead atoms. The van der Waals surface area contributed by atoms with Crippen molar-refractivity contribution in [3.05, 3.63) is 59.2 Å².